The van der Waals surface area contributed by atoms with E-state index in [1.54, 1.807) is 29.7 Å². The van der Waals surface area contributed by atoms with Gasteiger partial charge in [-0.3, -0.25) is 4.79 Å². The molecule has 0 radical (unpaired) electrons. The summed E-state index contributed by atoms with van der Waals surface area (Å²) >= 11 is 0. The number of nitrogens with two attached hydrogens (primary N) is 1. The normalized spacial score (nSPS) is 15.9. The molecule has 0 bridgehead atoms. The number of nitrogen functional groups attached to an aromatic ring is 1. The van der Waals surface area contributed by atoms with Gasteiger partial charge < -0.3 is 10.6 Å². The monoisotopic (exact) mass is 273 g/mol. The Balaban J connectivity index is 2.22. The van der Waals surface area contributed by atoms with E-state index in [0.717, 1.165) is 29.6 Å². The topological polar surface area (TPSA) is 76.5 Å². The minimum atomic E-state index is 0.0102. The number of carbonyl (C=O) groups excluding carboxylic acids is 1. The highest BCUT2D eigenvalue weighted by Crippen LogP contribution is 2.37. The molecular weight excluding hydrogens is 254 g/mol. The number of hydrogen-bond acceptors (Lipinski definition) is 4. The molecule has 2 aromatic rings. The summed E-state index contributed by atoms with van der Waals surface area (Å²) in [6.45, 7) is 0. The van der Waals surface area contributed by atoms with Gasteiger partial charge in [0.05, 0.1) is 23.0 Å². The summed E-state index contributed by atoms with van der Waals surface area (Å²) < 4.78 is 1.80. The molecule has 2 N–H and O–H groups in total. The van der Waals surface area contributed by atoms with E-state index >= 15 is 0 Å². The minimum absolute atomic E-state index is 0.0102. The number of nitrogens with zero attached hydrogens (tertiary/aromatic N) is 4. The van der Waals surface area contributed by atoms with Crippen LogP contribution in [0.3, 0.4) is 0 Å². The Kier molecular flexibility index (Phi) is 3.08. The Hall–Kier alpha value is -2.11. The lowest BCUT2D eigenvalue weighted by atomic mass is 10.00. The molecular formula is C14H19N5O. The molecule has 1 saturated carbocycles. The molecule has 2 heterocycles. The zero-order valence-corrected chi connectivity index (χ0v) is 11.8. The van der Waals surface area contributed by atoms with Crippen LogP contribution < -0.4 is 5.73 Å². The maximum absolute atomic E-state index is 12.4. The van der Waals surface area contributed by atoms with E-state index in [1.807, 2.05) is 6.07 Å². The molecule has 3 rings (SSSR count). The first-order valence-corrected chi connectivity index (χ1v) is 6.93. The quantitative estimate of drug-likeness (QED) is 0.903. The summed E-state index contributed by atoms with van der Waals surface area (Å²) in [6.07, 6.45) is 6.28. The first kappa shape index (κ1) is 12.9. The van der Waals surface area contributed by atoms with Crippen LogP contribution in [0.1, 0.15) is 47.7 Å². The maximum atomic E-state index is 12.4. The Labute approximate surface area is 117 Å². The first-order chi connectivity index (χ1) is 9.58. The second-order valence-electron chi connectivity index (χ2n) is 5.58. The summed E-state index contributed by atoms with van der Waals surface area (Å²) in [6, 6.07) is 1.87. The Morgan fingerprint density at radius 3 is 2.75 bits per heavy atom. The summed E-state index contributed by atoms with van der Waals surface area (Å²) in [7, 11) is 3.53. The van der Waals surface area contributed by atoms with E-state index in [1.165, 1.54) is 12.8 Å². The molecule has 20 heavy (non-hydrogen) atoms. The number of hydrogen-bond donors (Lipinski definition) is 1. The standard InChI is InChI=1S/C14H19N5O/c1-18(2)13(20)11-7-10-8-16-14(15)17-19(10)12(11)9-5-3-4-6-9/h7-9H,3-6H2,1-2H3,(H2,15,17). The van der Waals surface area contributed by atoms with Crippen molar-refractivity contribution in [3.63, 3.8) is 0 Å². The van der Waals surface area contributed by atoms with Gasteiger partial charge in [0.25, 0.3) is 5.91 Å². The van der Waals surface area contributed by atoms with E-state index in [0.29, 0.717) is 5.92 Å². The lowest BCUT2D eigenvalue weighted by molar-refractivity contribution is 0.0826. The summed E-state index contributed by atoms with van der Waals surface area (Å²) in [5.74, 6) is 0.623. The van der Waals surface area contributed by atoms with Gasteiger partial charge in [0, 0.05) is 20.0 Å². The largest absolute Gasteiger partial charge is 0.367 e. The van der Waals surface area contributed by atoms with Gasteiger partial charge in [-0.2, -0.15) is 0 Å². The van der Waals surface area contributed by atoms with Gasteiger partial charge in [0.15, 0.2) is 0 Å². The number of rotatable bonds is 2. The molecule has 0 spiro atoms. The lowest BCUT2D eigenvalue weighted by Gasteiger charge is -2.15. The highest BCUT2D eigenvalue weighted by molar-refractivity contribution is 5.97. The highest BCUT2D eigenvalue weighted by atomic mass is 16.2. The molecule has 2 aromatic heterocycles. The fraction of sp³-hybridized carbons (Fsp3) is 0.500. The van der Waals surface area contributed by atoms with Crippen LogP contribution in [0.25, 0.3) is 5.52 Å². The Bertz CT molecular complexity index is 655. The van der Waals surface area contributed by atoms with Crippen molar-refractivity contribution >= 4 is 17.4 Å². The molecule has 1 fully saturated rings. The number of anilines is 1. The van der Waals surface area contributed by atoms with Gasteiger partial charge in [-0.15, -0.1) is 5.10 Å². The van der Waals surface area contributed by atoms with Crippen LogP contribution in [0, 0.1) is 0 Å². The molecule has 106 valence electrons. The molecule has 0 atom stereocenters. The number of carbonyl (C=O) groups is 1. The second-order valence-corrected chi connectivity index (χ2v) is 5.58. The second kappa shape index (κ2) is 4.77. The summed E-state index contributed by atoms with van der Waals surface area (Å²) in [5, 5.41) is 4.30. The molecule has 0 unspecified atom stereocenters. The number of aromatic nitrogens is 3. The lowest BCUT2D eigenvalue weighted by Crippen LogP contribution is -2.23. The molecule has 6 nitrogen and oxygen atoms in total. The van der Waals surface area contributed by atoms with Crippen LogP contribution in [0.15, 0.2) is 12.3 Å². The Morgan fingerprint density at radius 1 is 1.40 bits per heavy atom. The van der Waals surface area contributed by atoms with Crippen molar-refractivity contribution < 1.29 is 4.79 Å². The van der Waals surface area contributed by atoms with Crippen molar-refractivity contribution in [3.8, 4) is 0 Å². The van der Waals surface area contributed by atoms with Crippen molar-refractivity contribution in [3.05, 3.63) is 23.5 Å². The van der Waals surface area contributed by atoms with Gasteiger partial charge >= 0.3 is 0 Å². The van der Waals surface area contributed by atoms with Crippen molar-refractivity contribution in [2.24, 2.45) is 0 Å². The fourth-order valence-electron chi connectivity index (χ4n) is 3.00. The predicted molar refractivity (Wildman–Crippen MR) is 76.6 cm³/mol. The van der Waals surface area contributed by atoms with Crippen molar-refractivity contribution in [1.82, 2.24) is 19.5 Å². The molecule has 0 aromatic carbocycles. The fourth-order valence-corrected chi connectivity index (χ4v) is 3.00. The van der Waals surface area contributed by atoms with Crippen molar-refractivity contribution in [2.45, 2.75) is 31.6 Å². The third-order valence-corrected chi connectivity index (χ3v) is 3.95. The molecule has 6 heteroatoms. The highest BCUT2D eigenvalue weighted by Gasteiger charge is 2.28. The van der Waals surface area contributed by atoms with Gasteiger partial charge in [-0.25, -0.2) is 9.50 Å². The summed E-state index contributed by atoms with van der Waals surface area (Å²) in [4.78, 5) is 18.0. The molecule has 1 aliphatic rings. The van der Waals surface area contributed by atoms with Crippen molar-refractivity contribution in [1.29, 1.82) is 0 Å². The Morgan fingerprint density at radius 2 is 2.10 bits per heavy atom. The molecule has 0 aliphatic heterocycles. The third kappa shape index (κ3) is 2.01. The molecule has 1 amide bonds. The van der Waals surface area contributed by atoms with E-state index < -0.39 is 0 Å². The molecule has 0 saturated heterocycles. The SMILES string of the molecule is CN(C)C(=O)c1cc2cnc(N)nn2c1C1CCCC1. The smallest absolute Gasteiger partial charge is 0.255 e. The zero-order valence-electron chi connectivity index (χ0n) is 11.8. The van der Waals surface area contributed by atoms with Gasteiger partial charge in [-0.1, -0.05) is 12.8 Å². The number of fused-ring (bicyclic) bond motifs is 1. The maximum Gasteiger partial charge on any atom is 0.255 e. The summed E-state index contributed by atoms with van der Waals surface area (Å²) in [5.41, 5.74) is 8.24. The van der Waals surface area contributed by atoms with Crippen molar-refractivity contribution in [2.75, 3.05) is 19.8 Å². The van der Waals surface area contributed by atoms with Crippen LogP contribution in [0.2, 0.25) is 0 Å². The van der Waals surface area contributed by atoms with Crippen LogP contribution >= 0.6 is 0 Å². The first-order valence-electron chi connectivity index (χ1n) is 6.93. The van der Waals surface area contributed by atoms with E-state index in [-0.39, 0.29) is 11.9 Å². The van der Waals surface area contributed by atoms with Crippen LogP contribution in [0.5, 0.6) is 0 Å². The minimum Gasteiger partial charge on any atom is -0.367 e. The predicted octanol–water partition coefficient (Wildman–Crippen LogP) is 1.67. The average molecular weight is 273 g/mol. The van der Waals surface area contributed by atoms with E-state index in [9.17, 15) is 4.79 Å². The number of amides is 1. The third-order valence-electron chi connectivity index (χ3n) is 3.95. The van der Waals surface area contributed by atoms with Gasteiger partial charge in [0.2, 0.25) is 5.95 Å². The van der Waals surface area contributed by atoms with E-state index in [2.05, 4.69) is 10.1 Å². The van der Waals surface area contributed by atoms with Crippen LogP contribution in [-0.2, 0) is 0 Å². The van der Waals surface area contributed by atoms with Gasteiger partial charge in [-0.05, 0) is 18.9 Å². The van der Waals surface area contributed by atoms with Crippen LogP contribution in [-0.4, -0.2) is 39.5 Å². The molecule has 1 aliphatic carbocycles. The van der Waals surface area contributed by atoms with E-state index in [4.69, 9.17) is 5.73 Å². The average Bonchev–Trinajstić information content (AvgIpc) is 3.03. The van der Waals surface area contributed by atoms with Crippen LogP contribution in [0.4, 0.5) is 5.95 Å². The van der Waals surface area contributed by atoms with Gasteiger partial charge in [0.1, 0.15) is 0 Å². The zero-order chi connectivity index (χ0) is 14.3.